The van der Waals surface area contributed by atoms with E-state index in [-0.39, 0.29) is 12.1 Å². The van der Waals surface area contributed by atoms with Gasteiger partial charge in [0.2, 0.25) is 0 Å². The van der Waals surface area contributed by atoms with Crippen LogP contribution in [0.1, 0.15) is 28.8 Å². The number of carbonyl (C=O) groups excluding carboxylic acids is 1. The normalized spacial score (nSPS) is 14.1. The van der Waals surface area contributed by atoms with Gasteiger partial charge in [0.05, 0.1) is 5.56 Å². The van der Waals surface area contributed by atoms with Crippen LogP contribution >= 0.6 is 0 Å². The van der Waals surface area contributed by atoms with Crippen LogP contribution in [-0.2, 0) is 6.54 Å². The molecule has 0 aliphatic carbocycles. The molecule has 1 aromatic heterocycles. The van der Waals surface area contributed by atoms with Crippen LogP contribution in [0.5, 0.6) is 0 Å². The Morgan fingerprint density at radius 3 is 2.61 bits per heavy atom. The number of pyridine rings is 1. The molecular weight excluding hydrogens is 300 g/mol. The summed E-state index contributed by atoms with van der Waals surface area (Å²) in [5.74, 6) is -1.22. The van der Waals surface area contributed by atoms with Crippen molar-refractivity contribution in [1.29, 1.82) is 0 Å². The molecular formula is C17H17F2N3O. The number of aromatic nitrogens is 1. The molecule has 0 spiro atoms. The number of hydrogen-bond acceptors (Lipinski definition) is 3. The van der Waals surface area contributed by atoms with Crippen LogP contribution in [0.3, 0.4) is 0 Å². The summed E-state index contributed by atoms with van der Waals surface area (Å²) in [7, 11) is 0. The minimum Gasteiger partial charge on any atom is -0.357 e. The first-order valence-electron chi connectivity index (χ1n) is 7.56. The van der Waals surface area contributed by atoms with E-state index in [9.17, 15) is 13.6 Å². The first kappa shape index (κ1) is 15.4. The van der Waals surface area contributed by atoms with Gasteiger partial charge in [-0.25, -0.2) is 13.8 Å². The van der Waals surface area contributed by atoms with Crippen molar-refractivity contribution in [3.8, 4) is 0 Å². The lowest BCUT2D eigenvalue weighted by Gasteiger charge is -2.16. The van der Waals surface area contributed by atoms with Crippen molar-refractivity contribution in [2.45, 2.75) is 19.4 Å². The van der Waals surface area contributed by atoms with Gasteiger partial charge in [0, 0.05) is 31.9 Å². The predicted molar refractivity (Wildman–Crippen MR) is 83.2 cm³/mol. The third-order valence-electron chi connectivity index (χ3n) is 3.87. The fourth-order valence-corrected chi connectivity index (χ4v) is 2.61. The number of benzene rings is 1. The van der Waals surface area contributed by atoms with Crippen LogP contribution in [0.2, 0.25) is 0 Å². The molecule has 2 heterocycles. The van der Waals surface area contributed by atoms with Crippen LogP contribution in [-0.4, -0.2) is 24.0 Å². The molecule has 0 unspecified atom stereocenters. The molecule has 0 saturated carbocycles. The highest BCUT2D eigenvalue weighted by molar-refractivity contribution is 5.94. The summed E-state index contributed by atoms with van der Waals surface area (Å²) in [5.41, 5.74) is 0.650. The maximum atomic E-state index is 13.5. The van der Waals surface area contributed by atoms with Crippen LogP contribution in [0.15, 0.2) is 36.5 Å². The molecule has 0 bridgehead atoms. The zero-order chi connectivity index (χ0) is 16.2. The molecule has 3 rings (SSSR count). The standard InChI is InChI=1S/C17H17F2N3O/c18-13-4-5-14(15(19)9-13)17(23)21-11-12-3-6-16(20-10-12)22-7-1-2-8-22/h3-6,9-10H,1-2,7-8,11H2,(H,21,23). The minimum absolute atomic E-state index is 0.173. The smallest absolute Gasteiger partial charge is 0.254 e. The Hall–Kier alpha value is -2.50. The first-order valence-corrected chi connectivity index (χ1v) is 7.56. The molecule has 6 heteroatoms. The van der Waals surface area contributed by atoms with Crippen molar-refractivity contribution in [2.24, 2.45) is 0 Å². The van der Waals surface area contributed by atoms with Crippen LogP contribution < -0.4 is 10.2 Å². The van der Waals surface area contributed by atoms with E-state index < -0.39 is 17.5 Å². The van der Waals surface area contributed by atoms with Crippen molar-refractivity contribution < 1.29 is 13.6 Å². The zero-order valence-electron chi connectivity index (χ0n) is 12.6. The number of nitrogens with one attached hydrogen (secondary N) is 1. The van der Waals surface area contributed by atoms with Crippen molar-refractivity contribution >= 4 is 11.7 Å². The third-order valence-corrected chi connectivity index (χ3v) is 3.87. The average Bonchev–Trinajstić information content (AvgIpc) is 3.07. The molecule has 1 saturated heterocycles. The number of hydrogen-bond donors (Lipinski definition) is 1. The van der Waals surface area contributed by atoms with E-state index >= 15 is 0 Å². The lowest BCUT2D eigenvalue weighted by atomic mass is 10.2. The third kappa shape index (κ3) is 3.64. The number of amides is 1. The lowest BCUT2D eigenvalue weighted by molar-refractivity contribution is 0.0947. The highest BCUT2D eigenvalue weighted by Gasteiger charge is 2.14. The SMILES string of the molecule is O=C(NCc1ccc(N2CCCC2)nc1)c1ccc(F)cc1F. The number of nitrogens with zero attached hydrogens (tertiary/aromatic N) is 2. The Balaban J connectivity index is 1.60. The van der Waals surface area contributed by atoms with Gasteiger partial charge in [-0.1, -0.05) is 6.07 Å². The van der Waals surface area contributed by atoms with Gasteiger partial charge in [0.15, 0.2) is 0 Å². The number of rotatable bonds is 4. The summed E-state index contributed by atoms with van der Waals surface area (Å²) in [4.78, 5) is 18.5. The van der Waals surface area contributed by atoms with E-state index in [0.717, 1.165) is 36.6 Å². The van der Waals surface area contributed by atoms with Gasteiger partial charge >= 0.3 is 0 Å². The van der Waals surface area contributed by atoms with Gasteiger partial charge < -0.3 is 10.2 Å². The maximum absolute atomic E-state index is 13.5. The van der Waals surface area contributed by atoms with E-state index in [1.165, 1.54) is 12.8 Å². The second-order valence-corrected chi connectivity index (χ2v) is 5.53. The van der Waals surface area contributed by atoms with E-state index in [2.05, 4.69) is 15.2 Å². The van der Waals surface area contributed by atoms with E-state index in [4.69, 9.17) is 0 Å². The Bertz CT molecular complexity index is 697. The molecule has 2 aromatic rings. The van der Waals surface area contributed by atoms with Gasteiger partial charge in [-0.2, -0.15) is 0 Å². The van der Waals surface area contributed by atoms with Crippen molar-refractivity contribution in [1.82, 2.24) is 10.3 Å². The summed E-state index contributed by atoms with van der Waals surface area (Å²) in [6.45, 7) is 2.28. The van der Waals surface area contributed by atoms with Gasteiger partial charge in [-0.15, -0.1) is 0 Å². The first-order chi connectivity index (χ1) is 11.1. The fourth-order valence-electron chi connectivity index (χ4n) is 2.61. The van der Waals surface area contributed by atoms with E-state index in [0.29, 0.717) is 6.07 Å². The predicted octanol–water partition coefficient (Wildman–Crippen LogP) is 2.89. The van der Waals surface area contributed by atoms with Gasteiger partial charge in [-0.05, 0) is 36.6 Å². The molecule has 0 atom stereocenters. The minimum atomic E-state index is -0.870. The zero-order valence-corrected chi connectivity index (χ0v) is 12.6. The molecule has 23 heavy (non-hydrogen) atoms. The van der Waals surface area contributed by atoms with Crippen LogP contribution in [0.4, 0.5) is 14.6 Å². The Morgan fingerprint density at radius 1 is 1.17 bits per heavy atom. The Labute approximate surface area is 133 Å². The highest BCUT2D eigenvalue weighted by Crippen LogP contribution is 2.17. The maximum Gasteiger partial charge on any atom is 0.254 e. The molecule has 1 fully saturated rings. The summed E-state index contributed by atoms with van der Waals surface area (Å²) in [6.07, 6.45) is 4.07. The Kier molecular flexibility index (Phi) is 4.50. The molecule has 1 aliphatic rings. The molecule has 1 aliphatic heterocycles. The Morgan fingerprint density at radius 2 is 1.96 bits per heavy atom. The number of anilines is 1. The molecule has 120 valence electrons. The highest BCUT2D eigenvalue weighted by atomic mass is 19.1. The molecule has 1 amide bonds. The van der Waals surface area contributed by atoms with Crippen LogP contribution in [0, 0.1) is 11.6 Å². The largest absolute Gasteiger partial charge is 0.357 e. The van der Waals surface area contributed by atoms with E-state index in [1.807, 2.05) is 12.1 Å². The van der Waals surface area contributed by atoms with Crippen molar-refractivity contribution in [3.05, 3.63) is 59.3 Å². The topological polar surface area (TPSA) is 45.2 Å². The summed E-state index contributed by atoms with van der Waals surface area (Å²) < 4.78 is 26.4. The number of halogens is 2. The van der Waals surface area contributed by atoms with Crippen LogP contribution in [0.25, 0.3) is 0 Å². The monoisotopic (exact) mass is 317 g/mol. The summed E-state index contributed by atoms with van der Waals surface area (Å²) in [5, 5.41) is 2.61. The average molecular weight is 317 g/mol. The summed E-state index contributed by atoms with van der Waals surface area (Å²) >= 11 is 0. The van der Waals surface area contributed by atoms with Gasteiger partial charge in [0.25, 0.3) is 5.91 Å². The second kappa shape index (κ2) is 6.73. The molecule has 0 radical (unpaired) electrons. The quantitative estimate of drug-likeness (QED) is 0.943. The van der Waals surface area contributed by atoms with Crippen molar-refractivity contribution in [3.63, 3.8) is 0 Å². The second-order valence-electron chi connectivity index (χ2n) is 5.53. The van der Waals surface area contributed by atoms with Gasteiger partial charge in [0.1, 0.15) is 17.5 Å². The summed E-state index contributed by atoms with van der Waals surface area (Å²) in [6, 6.07) is 6.70. The van der Waals surface area contributed by atoms with E-state index in [1.54, 1.807) is 6.20 Å². The molecule has 4 nitrogen and oxygen atoms in total. The fraction of sp³-hybridized carbons (Fsp3) is 0.294. The van der Waals surface area contributed by atoms with Gasteiger partial charge in [-0.3, -0.25) is 4.79 Å². The lowest BCUT2D eigenvalue weighted by Crippen LogP contribution is -2.24. The van der Waals surface area contributed by atoms with Crippen molar-refractivity contribution in [2.75, 3.05) is 18.0 Å². The molecule has 1 N–H and O–H groups in total. The molecule has 1 aromatic carbocycles. The number of carbonyl (C=O) groups is 1.